The maximum absolute atomic E-state index is 14.3. The third-order valence-corrected chi connectivity index (χ3v) is 15.7. The fourth-order valence-corrected chi connectivity index (χ4v) is 11.3. The molecule has 2 aliphatic heterocycles. The van der Waals surface area contributed by atoms with Crippen molar-refractivity contribution < 1.29 is 42.2 Å². The maximum atomic E-state index is 14.3. The van der Waals surface area contributed by atoms with Crippen molar-refractivity contribution in [3.05, 3.63) is 112 Å². The topological polar surface area (TPSA) is 178 Å². The van der Waals surface area contributed by atoms with Crippen LogP contribution >= 0.6 is 11.3 Å². The lowest BCUT2D eigenvalue weighted by molar-refractivity contribution is -0.146. The Bertz CT molecular complexity index is 2860. The molecular formula is C59H75F3N8O6S. The first-order valence-electron chi connectivity index (χ1n) is 26.8. The lowest BCUT2D eigenvalue weighted by atomic mass is 9.76. The summed E-state index contributed by atoms with van der Waals surface area (Å²) in [7, 11) is 1.45. The van der Waals surface area contributed by atoms with Crippen LogP contribution in [0, 0.1) is 25.2 Å². The van der Waals surface area contributed by atoms with E-state index in [4.69, 9.17) is 4.74 Å². The molecule has 3 amide bonds. The van der Waals surface area contributed by atoms with E-state index in [0.29, 0.717) is 24.3 Å². The lowest BCUT2D eigenvalue weighted by Gasteiger charge is -2.35. The zero-order chi connectivity index (χ0) is 55.8. The molecule has 77 heavy (non-hydrogen) atoms. The minimum atomic E-state index is -4.72. The first kappa shape index (κ1) is 58.3. The summed E-state index contributed by atoms with van der Waals surface area (Å²) in [5.41, 5.74) is 6.07. The predicted octanol–water partition coefficient (Wildman–Crippen LogP) is 11.7. The number of hydrogen-bond donors (Lipinski definition) is 5. The quantitative estimate of drug-likeness (QED) is 0.0442. The van der Waals surface area contributed by atoms with E-state index in [1.807, 2.05) is 97.3 Å². The minimum absolute atomic E-state index is 0.0147. The fraction of sp³-hybridized carbons (Fsp3) is 0.492. The molecule has 4 atom stereocenters. The molecule has 0 bridgehead atoms. The second-order valence-electron chi connectivity index (χ2n) is 22.0. The molecule has 2 aromatic heterocycles. The van der Waals surface area contributed by atoms with Crippen LogP contribution in [0.2, 0.25) is 0 Å². The Kier molecular flexibility index (Phi) is 19.2. The number of aromatic nitrogens is 2. The molecular weight excluding hydrogens is 1010 g/mol. The van der Waals surface area contributed by atoms with Gasteiger partial charge in [-0.25, -0.2) is 9.97 Å². The second-order valence-corrected chi connectivity index (χ2v) is 22.8. The summed E-state index contributed by atoms with van der Waals surface area (Å²) in [5, 5.41) is 22.4. The van der Waals surface area contributed by atoms with Gasteiger partial charge in [0.2, 0.25) is 11.8 Å². The molecule has 5 N–H and O–H groups in total. The number of alkyl halides is 3. The molecule has 2 fully saturated rings. The highest BCUT2D eigenvalue weighted by Gasteiger charge is 2.45. The number of β-amino-alcohol motifs (C(OH)–C–C–N with tert-alkyl or cyclic N) is 1. The normalized spacial score (nSPS) is 17.2. The number of thiazole rings is 1. The number of nitrogens with one attached hydrogen (secondary N) is 4. The van der Waals surface area contributed by atoms with Crippen molar-refractivity contribution in [1.29, 1.82) is 0 Å². The van der Waals surface area contributed by atoms with Gasteiger partial charge in [0.25, 0.3) is 5.91 Å². The van der Waals surface area contributed by atoms with Gasteiger partial charge >= 0.3 is 6.18 Å². The zero-order valence-electron chi connectivity index (χ0n) is 45.8. The third-order valence-electron chi connectivity index (χ3n) is 14.7. The number of likely N-dealkylation sites (tertiary alicyclic amines) is 2. The Morgan fingerprint density at radius 2 is 1.60 bits per heavy atom. The fourth-order valence-electron chi connectivity index (χ4n) is 10.5. The lowest BCUT2D eigenvalue weighted by Crippen LogP contribution is -2.50. The van der Waals surface area contributed by atoms with Gasteiger partial charge in [-0.15, -0.1) is 11.3 Å². The Morgan fingerprint density at radius 3 is 2.25 bits per heavy atom. The Balaban J connectivity index is 0.893. The number of nitrogens with zero attached hydrogens (tertiary/aromatic N) is 4. The van der Waals surface area contributed by atoms with Gasteiger partial charge in [-0.2, -0.15) is 13.2 Å². The summed E-state index contributed by atoms with van der Waals surface area (Å²) in [6.45, 7) is 18.3. The third kappa shape index (κ3) is 15.0. The average molecular weight is 1080 g/mol. The molecule has 3 aromatic carbocycles. The number of piperidine rings is 1. The summed E-state index contributed by atoms with van der Waals surface area (Å²) in [6, 6.07) is 18.4. The largest absolute Gasteiger partial charge is 0.489 e. The number of para-hydroxylation sites is 1. The van der Waals surface area contributed by atoms with Gasteiger partial charge in [0.05, 0.1) is 62.5 Å². The van der Waals surface area contributed by atoms with Crippen LogP contribution in [-0.4, -0.2) is 99.9 Å². The first-order chi connectivity index (χ1) is 36.5. The number of aliphatic hydroxyl groups is 1. The number of aryl methyl sites for hydroxylation is 2. The number of aliphatic hydroxyl groups excluding tert-OH is 1. The summed E-state index contributed by atoms with van der Waals surface area (Å²) in [6.07, 6.45) is -0.0532. The van der Waals surface area contributed by atoms with E-state index in [0.717, 1.165) is 84.3 Å². The molecule has 5 aromatic rings. The van der Waals surface area contributed by atoms with Crippen LogP contribution in [0.1, 0.15) is 143 Å². The first-order valence-corrected chi connectivity index (χ1v) is 27.7. The van der Waals surface area contributed by atoms with Crippen LogP contribution in [0.5, 0.6) is 5.75 Å². The average Bonchev–Trinajstić information content (AvgIpc) is 4.00. The highest BCUT2D eigenvalue weighted by Crippen LogP contribution is 2.41. The van der Waals surface area contributed by atoms with Crippen LogP contribution in [-0.2, 0) is 20.6 Å². The SMILES string of the molecule is CNC(=O)c1ccccc1Nc1cc(Nc2cc(C)c(C3CCN(CCCCCC(=O)C[C@H](C(=O)N4C[C@H](O)C[C@H]4C(=O)N[C@@H](C)c4ccc(-c5scnc5C)cc4)C(C)(C)C)CC3)cc2OC(C)C)ncc1C(F)(F)F. The monoisotopic (exact) mass is 1080 g/mol. The Labute approximate surface area is 455 Å². The highest BCUT2D eigenvalue weighted by molar-refractivity contribution is 7.13. The van der Waals surface area contributed by atoms with E-state index in [1.165, 1.54) is 24.1 Å². The van der Waals surface area contributed by atoms with E-state index in [-0.39, 0.29) is 77.8 Å². The maximum Gasteiger partial charge on any atom is 0.419 e. The van der Waals surface area contributed by atoms with Crippen LogP contribution in [0.4, 0.5) is 36.1 Å². The number of carbonyl (C=O) groups excluding carboxylic acids is 4. The van der Waals surface area contributed by atoms with Crippen LogP contribution in [0.15, 0.2) is 78.4 Å². The van der Waals surface area contributed by atoms with Gasteiger partial charge in [-0.1, -0.05) is 63.6 Å². The van der Waals surface area contributed by atoms with Crippen molar-refractivity contribution in [2.45, 2.75) is 143 Å². The number of anilines is 4. The molecule has 4 heterocycles. The number of rotatable bonds is 21. The zero-order valence-corrected chi connectivity index (χ0v) is 46.6. The van der Waals surface area contributed by atoms with Crippen LogP contribution in [0.3, 0.4) is 0 Å². The number of Topliss-reactive ketones (excluding diaryl/α,β-unsaturated/α-hetero) is 1. The van der Waals surface area contributed by atoms with Crippen molar-refractivity contribution in [3.8, 4) is 16.2 Å². The molecule has 18 heteroatoms. The van der Waals surface area contributed by atoms with Crippen molar-refractivity contribution in [3.63, 3.8) is 0 Å². The Morgan fingerprint density at radius 1 is 0.883 bits per heavy atom. The number of ether oxygens (including phenoxy) is 1. The number of carbonyl (C=O) groups is 4. The van der Waals surface area contributed by atoms with E-state index < -0.39 is 41.1 Å². The predicted molar refractivity (Wildman–Crippen MR) is 297 cm³/mol. The van der Waals surface area contributed by atoms with E-state index in [2.05, 4.69) is 36.1 Å². The molecule has 2 saturated heterocycles. The summed E-state index contributed by atoms with van der Waals surface area (Å²) >= 11 is 1.58. The summed E-state index contributed by atoms with van der Waals surface area (Å²) in [5.74, 6) is -0.709. The highest BCUT2D eigenvalue weighted by atomic mass is 32.1. The minimum Gasteiger partial charge on any atom is -0.489 e. The van der Waals surface area contributed by atoms with Gasteiger partial charge < -0.3 is 40.9 Å². The van der Waals surface area contributed by atoms with Crippen molar-refractivity contribution in [2.24, 2.45) is 11.3 Å². The number of amides is 3. The molecule has 0 spiro atoms. The van der Waals surface area contributed by atoms with Gasteiger partial charge in [-0.05, 0) is 138 Å². The molecule has 14 nitrogen and oxygen atoms in total. The number of halogens is 3. The number of pyridine rings is 1. The van der Waals surface area contributed by atoms with Gasteiger partial charge in [0.15, 0.2) is 0 Å². The number of hydrogen-bond acceptors (Lipinski definition) is 12. The molecule has 0 radical (unpaired) electrons. The van der Waals surface area contributed by atoms with E-state index in [1.54, 1.807) is 29.5 Å². The van der Waals surface area contributed by atoms with Gasteiger partial charge in [0.1, 0.15) is 23.4 Å². The second kappa shape index (κ2) is 25.4. The molecule has 2 aliphatic rings. The van der Waals surface area contributed by atoms with Crippen molar-refractivity contribution >= 4 is 57.7 Å². The van der Waals surface area contributed by atoms with E-state index in [9.17, 15) is 37.5 Å². The van der Waals surface area contributed by atoms with Gasteiger partial charge in [0, 0.05) is 51.0 Å². The Hall–Kier alpha value is -6.37. The molecule has 0 unspecified atom stereocenters. The van der Waals surface area contributed by atoms with Crippen LogP contribution < -0.4 is 26.0 Å². The smallest absolute Gasteiger partial charge is 0.419 e. The summed E-state index contributed by atoms with van der Waals surface area (Å²) < 4.78 is 49.1. The van der Waals surface area contributed by atoms with Crippen molar-refractivity contribution in [1.82, 2.24) is 30.4 Å². The standard InChI is InChI=1S/C59H75F3N8O6S/c1-35(2)76-52-30-45(36(3)27-50(52)68-53-31-49(47(32-64-53)59(60,61)62)67-48-17-13-12-16-44(48)55(73)63-9)40-22-25-69(26-23-40)24-14-10-11-15-42(71)28-46(58(6,7)8)57(75)70-33-43(72)29-51(70)56(74)66-37(4)39-18-20-41(21-19-39)54-38(5)65-34-77-54/h12-13,16-21,27,30-32,34-35,37,40,43,46,51,72H,10-11,14-15,22-26,28-29,33H2,1-9H3,(H,63,73)(H,66,74)(H2,64,67,68)/t37-,43+,46+,51-/m0/s1. The summed E-state index contributed by atoms with van der Waals surface area (Å²) in [4.78, 5) is 67.7. The number of unbranched alkanes of at least 4 members (excludes halogenated alkanes) is 2. The number of benzene rings is 3. The van der Waals surface area contributed by atoms with E-state index >= 15 is 0 Å². The number of ketones is 1. The molecule has 7 rings (SSSR count). The molecule has 414 valence electrons. The molecule has 0 saturated carbocycles. The molecule has 0 aliphatic carbocycles. The van der Waals surface area contributed by atoms with Crippen LogP contribution in [0.25, 0.3) is 10.4 Å². The van der Waals surface area contributed by atoms with Crippen molar-refractivity contribution in [2.75, 3.05) is 43.9 Å². The van der Waals surface area contributed by atoms with Gasteiger partial charge in [-0.3, -0.25) is 19.2 Å².